The highest BCUT2D eigenvalue weighted by atomic mass is 35.5. The van der Waals surface area contributed by atoms with Crippen molar-refractivity contribution in [1.82, 2.24) is 9.88 Å². The van der Waals surface area contributed by atoms with Gasteiger partial charge < -0.3 is 20.2 Å². The van der Waals surface area contributed by atoms with E-state index in [1.54, 1.807) is 12.3 Å². The highest BCUT2D eigenvalue weighted by molar-refractivity contribution is 6.30. The van der Waals surface area contributed by atoms with Crippen LogP contribution in [0.15, 0.2) is 40.6 Å². The number of nitrogens with zero attached hydrogens (tertiary/aromatic N) is 4. The van der Waals surface area contributed by atoms with Gasteiger partial charge in [0.05, 0.1) is 30.0 Å². The van der Waals surface area contributed by atoms with Gasteiger partial charge in [-0.1, -0.05) is 22.8 Å². The van der Waals surface area contributed by atoms with E-state index in [4.69, 9.17) is 16.3 Å². The minimum atomic E-state index is -0.481. The van der Waals surface area contributed by atoms with Crippen LogP contribution in [0.3, 0.4) is 0 Å². The van der Waals surface area contributed by atoms with Crippen LogP contribution in [0.1, 0.15) is 16.7 Å². The molecular weight excluding hydrogens is 409 g/mol. The van der Waals surface area contributed by atoms with E-state index in [0.717, 1.165) is 42.2 Å². The topological polar surface area (TPSA) is 82.3 Å². The number of anilines is 1. The number of benzene rings is 1. The second-order valence-electron chi connectivity index (χ2n) is 7.50. The lowest BCUT2D eigenvalue weighted by Crippen LogP contribution is -2.41. The zero-order valence-corrected chi connectivity index (χ0v) is 17.4. The largest absolute Gasteiger partial charge is 0.411 e. The van der Waals surface area contributed by atoms with Gasteiger partial charge in [-0.05, 0) is 30.8 Å². The molecule has 1 fully saturated rings. The van der Waals surface area contributed by atoms with Crippen molar-refractivity contribution >= 4 is 29.0 Å². The number of aliphatic imine (C=N–C) groups is 1. The van der Waals surface area contributed by atoms with E-state index in [9.17, 15) is 9.60 Å². The van der Waals surface area contributed by atoms with Crippen molar-refractivity contribution in [2.45, 2.75) is 18.9 Å². The summed E-state index contributed by atoms with van der Waals surface area (Å²) >= 11 is 5.88. The molecule has 4 rings (SSSR count). The number of halogens is 2. The average molecular weight is 432 g/mol. The molecule has 0 aliphatic carbocycles. The van der Waals surface area contributed by atoms with Crippen LogP contribution in [0.2, 0.25) is 5.02 Å². The number of aromatic nitrogens is 1. The Bertz CT molecular complexity index is 997. The standard InChI is InChI=1S/C21H23ClFN5O2/c1-28-6-7-30-14(12-28)11-25-20-10-16-15(4-5-24-21(16)26-20)19(27-29)9-13-2-3-18(23)17(22)8-13/h2-5,8,14,29H,6-7,9-12H2,1H3,(H,24,25,26)/b27-19+. The van der Waals surface area contributed by atoms with Crippen LogP contribution in [0, 0.1) is 5.82 Å². The maximum absolute atomic E-state index is 13.4. The third-order valence-electron chi connectivity index (χ3n) is 5.28. The van der Waals surface area contributed by atoms with E-state index in [0.29, 0.717) is 30.9 Å². The van der Waals surface area contributed by atoms with Gasteiger partial charge in [0.2, 0.25) is 0 Å². The quantitative estimate of drug-likeness (QED) is 0.432. The Morgan fingerprint density at radius 1 is 1.43 bits per heavy atom. The van der Waals surface area contributed by atoms with Crippen molar-refractivity contribution in [2.24, 2.45) is 10.1 Å². The van der Waals surface area contributed by atoms with Crippen LogP contribution in [-0.2, 0) is 17.6 Å². The number of fused-ring (bicyclic) bond motifs is 1. The number of rotatable bonds is 5. The first-order valence-electron chi connectivity index (χ1n) is 9.77. The Morgan fingerprint density at radius 3 is 3.07 bits per heavy atom. The monoisotopic (exact) mass is 431 g/mol. The molecule has 0 bridgehead atoms. The zero-order chi connectivity index (χ0) is 21.1. The Kier molecular flexibility index (Phi) is 6.26. The zero-order valence-electron chi connectivity index (χ0n) is 16.6. The maximum Gasteiger partial charge on any atom is 0.141 e. The summed E-state index contributed by atoms with van der Waals surface area (Å²) in [7, 11) is 2.08. The Morgan fingerprint density at radius 2 is 2.30 bits per heavy atom. The molecule has 1 atom stereocenters. The lowest BCUT2D eigenvalue weighted by Gasteiger charge is -2.29. The lowest BCUT2D eigenvalue weighted by atomic mass is 9.98. The fraction of sp³-hybridized carbons (Fsp3) is 0.381. The van der Waals surface area contributed by atoms with E-state index in [1.807, 2.05) is 6.07 Å². The lowest BCUT2D eigenvalue weighted by molar-refractivity contribution is -0.0136. The number of hydrogen-bond acceptors (Lipinski definition) is 6. The molecule has 7 nitrogen and oxygen atoms in total. The molecule has 9 heteroatoms. The van der Waals surface area contributed by atoms with Crippen molar-refractivity contribution in [3.63, 3.8) is 0 Å². The normalized spacial score (nSPS) is 21.0. The average Bonchev–Trinajstić information content (AvgIpc) is 3.16. The molecule has 1 aromatic carbocycles. The second-order valence-corrected chi connectivity index (χ2v) is 7.91. The number of hydrogen-bond donors (Lipinski definition) is 2. The first-order valence-corrected chi connectivity index (χ1v) is 10.1. The molecule has 1 saturated heterocycles. The minimum Gasteiger partial charge on any atom is -0.411 e. The predicted molar refractivity (Wildman–Crippen MR) is 115 cm³/mol. The fourth-order valence-electron chi connectivity index (χ4n) is 3.71. The van der Waals surface area contributed by atoms with Crippen molar-refractivity contribution < 1.29 is 14.3 Å². The Hall–Kier alpha value is -2.55. The number of amidine groups is 1. The summed E-state index contributed by atoms with van der Waals surface area (Å²) in [6.45, 7) is 3.08. The number of oxime groups is 1. The van der Waals surface area contributed by atoms with Gasteiger partial charge in [0.1, 0.15) is 17.5 Å². The van der Waals surface area contributed by atoms with Crippen LogP contribution in [0.4, 0.5) is 10.2 Å². The highest BCUT2D eigenvalue weighted by Gasteiger charge is 2.24. The summed E-state index contributed by atoms with van der Waals surface area (Å²) in [6.07, 6.45) is 2.60. The molecule has 158 valence electrons. The fourth-order valence-corrected chi connectivity index (χ4v) is 3.91. The van der Waals surface area contributed by atoms with E-state index < -0.39 is 5.82 Å². The molecule has 0 radical (unpaired) electrons. The molecule has 2 aliphatic heterocycles. The Labute approximate surface area is 179 Å². The molecule has 0 amide bonds. The summed E-state index contributed by atoms with van der Waals surface area (Å²) in [4.78, 5) is 11.3. The summed E-state index contributed by atoms with van der Waals surface area (Å²) in [6, 6.07) is 6.28. The maximum atomic E-state index is 13.4. The first kappa shape index (κ1) is 20.7. The van der Waals surface area contributed by atoms with Gasteiger partial charge in [0.15, 0.2) is 0 Å². The summed E-state index contributed by atoms with van der Waals surface area (Å²) < 4.78 is 19.2. The van der Waals surface area contributed by atoms with Gasteiger partial charge in [-0.2, -0.15) is 0 Å². The van der Waals surface area contributed by atoms with Gasteiger partial charge in [-0.25, -0.2) is 9.37 Å². The molecule has 30 heavy (non-hydrogen) atoms. The van der Waals surface area contributed by atoms with Crippen LogP contribution in [0.25, 0.3) is 0 Å². The molecule has 2 aliphatic rings. The van der Waals surface area contributed by atoms with Crippen molar-refractivity contribution in [3.8, 4) is 0 Å². The van der Waals surface area contributed by atoms with E-state index in [1.165, 1.54) is 12.1 Å². The number of nitrogens with one attached hydrogen (secondary N) is 1. The SMILES string of the molecule is CN1CCOC(CN=C2Cc3c(/C(Cc4ccc(F)c(Cl)c4)=N/O)ccnc3N2)C1. The predicted octanol–water partition coefficient (Wildman–Crippen LogP) is 2.99. The molecule has 1 unspecified atom stereocenters. The van der Waals surface area contributed by atoms with E-state index in [2.05, 4.69) is 32.4 Å². The number of pyridine rings is 1. The Balaban J connectivity index is 1.50. The summed E-state index contributed by atoms with van der Waals surface area (Å²) in [5.74, 6) is 1.03. The molecule has 2 N–H and O–H groups in total. The van der Waals surface area contributed by atoms with E-state index in [-0.39, 0.29) is 11.1 Å². The highest BCUT2D eigenvalue weighted by Crippen LogP contribution is 2.27. The van der Waals surface area contributed by atoms with Gasteiger partial charge in [0, 0.05) is 43.3 Å². The van der Waals surface area contributed by atoms with Crippen molar-refractivity contribution in [2.75, 3.05) is 38.6 Å². The molecule has 2 aromatic rings. The van der Waals surface area contributed by atoms with Gasteiger partial charge >= 0.3 is 0 Å². The third kappa shape index (κ3) is 4.61. The van der Waals surface area contributed by atoms with Crippen LogP contribution >= 0.6 is 11.6 Å². The molecule has 1 aromatic heterocycles. The van der Waals surface area contributed by atoms with Crippen molar-refractivity contribution in [3.05, 3.63) is 58.0 Å². The molecular formula is C21H23ClFN5O2. The number of ether oxygens (including phenoxy) is 1. The molecule has 0 spiro atoms. The first-order chi connectivity index (χ1) is 14.5. The van der Waals surface area contributed by atoms with Crippen LogP contribution < -0.4 is 5.32 Å². The van der Waals surface area contributed by atoms with Gasteiger partial charge in [-0.15, -0.1) is 0 Å². The minimum absolute atomic E-state index is 0.0383. The number of likely N-dealkylation sites (N-methyl/N-ethyl adjacent to an activating group) is 1. The third-order valence-corrected chi connectivity index (χ3v) is 5.57. The second kappa shape index (κ2) is 9.07. The van der Waals surface area contributed by atoms with E-state index >= 15 is 0 Å². The van der Waals surface area contributed by atoms with Gasteiger partial charge in [-0.3, -0.25) is 4.99 Å². The summed E-state index contributed by atoms with van der Waals surface area (Å²) in [5, 5.41) is 16.4. The molecule has 3 heterocycles. The van der Waals surface area contributed by atoms with Gasteiger partial charge in [0.25, 0.3) is 0 Å². The van der Waals surface area contributed by atoms with Crippen LogP contribution in [-0.4, -0.2) is 66.0 Å². The van der Waals surface area contributed by atoms with Crippen molar-refractivity contribution in [1.29, 1.82) is 0 Å². The summed E-state index contributed by atoms with van der Waals surface area (Å²) in [5.41, 5.74) is 2.89. The smallest absolute Gasteiger partial charge is 0.141 e. The number of morpholine rings is 1. The molecule has 0 saturated carbocycles. The van der Waals surface area contributed by atoms with Crippen LogP contribution in [0.5, 0.6) is 0 Å².